The summed E-state index contributed by atoms with van der Waals surface area (Å²) in [6, 6.07) is 1.69. The van der Waals surface area contributed by atoms with E-state index in [1.54, 1.807) is 19.9 Å². The maximum Gasteiger partial charge on any atom is 0.342 e. The largest absolute Gasteiger partial charge is 0.452 e. The van der Waals surface area contributed by atoms with E-state index in [0.29, 0.717) is 24.1 Å². The number of ether oxygens (including phenoxy) is 1. The molecule has 1 N–H and O–H groups in total. The highest BCUT2D eigenvalue weighted by molar-refractivity contribution is 6.32. The first-order valence-electron chi connectivity index (χ1n) is 9.20. The summed E-state index contributed by atoms with van der Waals surface area (Å²) in [4.78, 5) is 54.9. The molecule has 1 aliphatic heterocycles. The zero-order valence-electron chi connectivity index (χ0n) is 15.8. The number of imide groups is 1. The van der Waals surface area contributed by atoms with Gasteiger partial charge >= 0.3 is 5.97 Å². The average Bonchev–Trinajstić information content (AvgIpc) is 2.63. The molecule has 2 fully saturated rings. The maximum absolute atomic E-state index is 12.8. The zero-order valence-corrected chi connectivity index (χ0v) is 16.6. The average molecular weight is 408 g/mol. The third kappa shape index (κ3) is 3.73. The SMILES string of the molecule is Cc1cc(C)c(C(=O)OCC(=O)N2CC(=O)NC(=O)C23CCCCC3)c(Cl)n1. The van der Waals surface area contributed by atoms with Crippen molar-refractivity contribution in [2.75, 3.05) is 13.2 Å². The molecule has 1 aliphatic carbocycles. The minimum atomic E-state index is -1.05. The highest BCUT2D eigenvalue weighted by Gasteiger charge is 2.51. The van der Waals surface area contributed by atoms with E-state index in [1.807, 2.05) is 0 Å². The fourth-order valence-corrected chi connectivity index (χ4v) is 4.33. The Hall–Kier alpha value is -2.48. The number of piperazine rings is 1. The van der Waals surface area contributed by atoms with Gasteiger partial charge < -0.3 is 9.64 Å². The van der Waals surface area contributed by atoms with Crippen LogP contribution in [0.15, 0.2) is 6.07 Å². The van der Waals surface area contributed by atoms with Crippen LogP contribution in [0.1, 0.15) is 53.7 Å². The van der Waals surface area contributed by atoms with Crippen molar-refractivity contribution in [2.45, 2.75) is 51.5 Å². The van der Waals surface area contributed by atoms with Crippen LogP contribution in [0.25, 0.3) is 0 Å². The number of carbonyl (C=O) groups excluding carboxylic acids is 4. The highest BCUT2D eigenvalue weighted by Crippen LogP contribution is 2.35. The quantitative estimate of drug-likeness (QED) is 0.464. The van der Waals surface area contributed by atoms with Gasteiger partial charge in [0.25, 0.3) is 11.8 Å². The van der Waals surface area contributed by atoms with Gasteiger partial charge in [-0.1, -0.05) is 30.9 Å². The van der Waals surface area contributed by atoms with Crippen LogP contribution in [-0.4, -0.2) is 52.3 Å². The summed E-state index contributed by atoms with van der Waals surface area (Å²) >= 11 is 6.04. The predicted octanol–water partition coefficient (Wildman–Crippen LogP) is 1.70. The van der Waals surface area contributed by atoms with Gasteiger partial charge in [-0.25, -0.2) is 9.78 Å². The van der Waals surface area contributed by atoms with Crippen molar-refractivity contribution >= 4 is 35.3 Å². The number of amides is 3. The molecule has 0 radical (unpaired) electrons. The molecule has 3 rings (SSSR count). The van der Waals surface area contributed by atoms with Gasteiger partial charge in [-0.2, -0.15) is 0 Å². The van der Waals surface area contributed by atoms with Gasteiger partial charge in [-0.3, -0.25) is 19.7 Å². The van der Waals surface area contributed by atoms with Crippen molar-refractivity contribution in [3.63, 3.8) is 0 Å². The molecule has 0 bridgehead atoms. The Morgan fingerprint density at radius 2 is 1.93 bits per heavy atom. The molecule has 8 nitrogen and oxygen atoms in total. The fraction of sp³-hybridized carbons (Fsp3) is 0.526. The summed E-state index contributed by atoms with van der Waals surface area (Å²) < 4.78 is 5.15. The molecule has 1 saturated heterocycles. The number of rotatable bonds is 3. The van der Waals surface area contributed by atoms with E-state index in [-0.39, 0.29) is 17.3 Å². The molecule has 1 aromatic heterocycles. The molecule has 1 aromatic rings. The number of pyridine rings is 1. The van der Waals surface area contributed by atoms with Crippen LogP contribution in [0.3, 0.4) is 0 Å². The van der Waals surface area contributed by atoms with E-state index in [2.05, 4.69) is 10.3 Å². The Labute approximate surface area is 167 Å². The number of nitrogens with zero attached hydrogens (tertiary/aromatic N) is 2. The number of hydrogen-bond acceptors (Lipinski definition) is 6. The highest BCUT2D eigenvalue weighted by atomic mass is 35.5. The van der Waals surface area contributed by atoms with Crippen molar-refractivity contribution in [3.05, 3.63) is 28.0 Å². The maximum atomic E-state index is 12.8. The minimum absolute atomic E-state index is 0.00577. The Bertz CT molecular complexity index is 825. The summed E-state index contributed by atoms with van der Waals surface area (Å²) in [5.74, 6) is -2.34. The minimum Gasteiger partial charge on any atom is -0.452 e. The number of hydrogen-bond donors (Lipinski definition) is 1. The third-order valence-electron chi connectivity index (χ3n) is 5.31. The fourth-order valence-electron chi connectivity index (χ4n) is 3.97. The normalized spacial score (nSPS) is 18.8. The lowest BCUT2D eigenvalue weighted by atomic mass is 9.78. The van der Waals surface area contributed by atoms with Gasteiger partial charge in [-0.15, -0.1) is 0 Å². The Kier molecular flexibility index (Phi) is 5.69. The van der Waals surface area contributed by atoms with Crippen LogP contribution in [0.4, 0.5) is 0 Å². The molecule has 28 heavy (non-hydrogen) atoms. The lowest BCUT2D eigenvalue weighted by Crippen LogP contribution is -2.69. The van der Waals surface area contributed by atoms with Crippen LogP contribution >= 0.6 is 11.6 Å². The van der Waals surface area contributed by atoms with Crippen LogP contribution in [-0.2, 0) is 19.1 Å². The van der Waals surface area contributed by atoms with Gasteiger partial charge in [0.05, 0.1) is 5.56 Å². The summed E-state index contributed by atoms with van der Waals surface area (Å²) in [5, 5.41) is 2.34. The Morgan fingerprint density at radius 3 is 2.57 bits per heavy atom. The zero-order chi connectivity index (χ0) is 20.5. The first-order valence-corrected chi connectivity index (χ1v) is 9.58. The second kappa shape index (κ2) is 7.87. The predicted molar refractivity (Wildman–Crippen MR) is 99.7 cm³/mol. The number of nitrogens with one attached hydrogen (secondary N) is 1. The molecular formula is C19H22ClN3O5. The second-order valence-corrected chi connectivity index (χ2v) is 7.63. The molecular weight excluding hydrogens is 386 g/mol. The topological polar surface area (TPSA) is 106 Å². The lowest BCUT2D eigenvalue weighted by molar-refractivity contribution is -0.161. The lowest BCUT2D eigenvalue weighted by Gasteiger charge is -2.47. The van der Waals surface area contributed by atoms with Crippen molar-refractivity contribution in [3.8, 4) is 0 Å². The molecule has 150 valence electrons. The molecule has 0 unspecified atom stereocenters. The number of carbonyl (C=O) groups is 4. The van der Waals surface area contributed by atoms with Crippen molar-refractivity contribution < 1.29 is 23.9 Å². The molecule has 0 atom stereocenters. The Balaban J connectivity index is 1.75. The van der Waals surface area contributed by atoms with Gasteiger partial charge in [0.2, 0.25) is 5.91 Å². The Morgan fingerprint density at radius 1 is 1.25 bits per heavy atom. The first-order chi connectivity index (χ1) is 13.2. The van der Waals surface area contributed by atoms with Gasteiger partial charge in [0.15, 0.2) is 6.61 Å². The van der Waals surface area contributed by atoms with E-state index in [0.717, 1.165) is 19.3 Å². The van der Waals surface area contributed by atoms with Gasteiger partial charge in [-0.05, 0) is 38.3 Å². The summed E-state index contributed by atoms with van der Waals surface area (Å²) in [6.07, 6.45) is 3.51. The summed E-state index contributed by atoms with van der Waals surface area (Å²) in [7, 11) is 0. The smallest absolute Gasteiger partial charge is 0.342 e. The van der Waals surface area contributed by atoms with E-state index in [9.17, 15) is 19.2 Å². The van der Waals surface area contributed by atoms with Crippen LogP contribution in [0, 0.1) is 13.8 Å². The van der Waals surface area contributed by atoms with E-state index in [4.69, 9.17) is 16.3 Å². The molecule has 1 saturated carbocycles. The standard InChI is InChI=1S/C19H22ClN3O5/c1-11-8-12(2)21-16(20)15(11)17(26)28-10-14(25)23-9-13(24)22-18(27)19(23)6-4-3-5-7-19/h8H,3-7,9-10H2,1-2H3,(H,22,24,27). The molecule has 1 spiro atoms. The number of halogens is 1. The summed E-state index contributed by atoms with van der Waals surface area (Å²) in [6.45, 7) is 2.64. The monoisotopic (exact) mass is 407 g/mol. The number of aromatic nitrogens is 1. The molecule has 9 heteroatoms. The van der Waals surface area contributed by atoms with Crippen molar-refractivity contribution in [2.24, 2.45) is 0 Å². The number of aryl methyl sites for hydroxylation is 2. The van der Waals surface area contributed by atoms with Crippen molar-refractivity contribution in [1.82, 2.24) is 15.2 Å². The van der Waals surface area contributed by atoms with E-state index < -0.39 is 35.8 Å². The molecule has 2 aliphatic rings. The second-order valence-electron chi connectivity index (χ2n) is 7.27. The van der Waals surface area contributed by atoms with Crippen LogP contribution in [0.5, 0.6) is 0 Å². The number of esters is 1. The van der Waals surface area contributed by atoms with Crippen molar-refractivity contribution in [1.29, 1.82) is 0 Å². The molecule has 3 amide bonds. The van der Waals surface area contributed by atoms with Crippen LogP contribution < -0.4 is 5.32 Å². The summed E-state index contributed by atoms with van der Waals surface area (Å²) in [5.41, 5.74) is 0.299. The van der Waals surface area contributed by atoms with E-state index >= 15 is 0 Å². The molecule has 2 heterocycles. The van der Waals surface area contributed by atoms with E-state index in [1.165, 1.54) is 4.90 Å². The molecule has 0 aromatic carbocycles. The van der Waals surface area contributed by atoms with Crippen LogP contribution in [0.2, 0.25) is 5.15 Å². The van der Waals surface area contributed by atoms with Gasteiger partial charge in [0.1, 0.15) is 17.2 Å². The third-order valence-corrected chi connectivity index (χ3v) is 5.58. The van der Waals surface area contributed by atoms with Gasteiger partial charge in [0, 0.05) is 5.69 Å². The first kappa shape index (κ1) is 20.3.